The van der Waals surface area contributed by atoms with Gasteiger partial charge in [0.25, 0.3) is 17.7 Å². The second kappa shape index (κ2) is 6.77. The Kier molecular flexibility index (Phi) is 4.43. The first-order valence-corrected chi connectivity index (χ1v) is 9.09. The number of ether oxygens (including phenoxy) is 1. The van der Waals surface area contributed by atoms with Crippen LogP contribution in [0.4, 0.5) is 0 Å². The number of fused-ring (bicyclic) bond motifs is 1. The van der Waals surface area contributed by atoms with Gasteiger partial charge in [-0.15, -0.1) is 0 Å². The second-order valence-electron chi connectivity index (χ2n) is 7.29. The molecule has 1 aromatic rings. The maximum absolute atomic E-state index is 12.6. The van der Waals surface area contributed by atoms with Gasteiger partial charge in [0.05, 0.1) is 29.7 Å². The summed E-state index contributed by atoms with van der Waals surface area (Å²) in [6.07, 6.45) is 2.41. The Balaban J connectivity index is 1.44. The minimum Gasteiger partial charge on any atom is -0.481 e. The van der Waals surface area contributed by atoms with Crippen molar-refractivity contribution in [3.8, 4) is 0 Å². The Hall–Kier alpha value is -2.74. The normalized spacial score (nSPS) is 26.7. The summed E-state index contributed by atoms with van der Waals surface area (Å²) in [5.41, 5.74) is 0.805. The number of carboxylic acid groups (broad SMARTS) is 1. The maximum Gasteiger partial charge on any atom is 0.306 e. The average Bonchev–Trinajstić information content (AvgIpc) is 3.20. The van der Waals surface area contributed by atoms with Gasteiger partial charge in [0.1, 0.15) is 0 Å². The van der Waals surface area contributed by atoms with Crippen LogP contribution in [0.15, 0.2) is 18.2 Å². The molecule has 1 atom stereocenters. The minimum atomic E-state index is -0.853. The summed E-state index contributed by atoms with van der Waals surface area (Å²) in [5.74, 6) is -2.41. The fraction of sp³-hybridized carbons (Fsp3) is 0.474. The van der Waals surface area contributed by atoms with Gasteiger partial charge < -0.3 is 15.2 Å². The Morgan fingerprint density at radius 3 is 2.59 bits per heavy atom. The SMILES string of the molecule is O=C(NC1CC(C(=O)O)C1)c1ccc2c(c1)C(=O)N(CC1CCCO1)C2=O. The highest BCUT2D eigenvalue weighted by Gasteiger charge is 2.39. The number of imide groups is 1. The molecule has 0 aromatic heterocycles. The van der Waals surface area contributed by atoms with Crippen molar-refractivity contribution < 1.29 is 29.0 Å². The van der Waals surface area contributed by atoms with Crippen LogP contribution in [0.1, 0.15) is 56.8 Å². The first kappa shape index (κ1) is 17.7. The molecule has 8 nitrogen and oxygen atoms in total. The lowest BCUT2D eigenvalue weighted by molar-refractivity contribution is -0.145. The van der Waals surface area contributed by atoms with Gasteiger partial charge in [-0.05, 0) is 43.9 Å². The smallest absolute Gasteiger partial charge is 0.306 e. The lowest BCUT2D eigenvalue weighted by Gasteiger charge is -2.32. The van der Waals surface area contributed by atoms with E-state index in [0.29, 0.717) is 25.0 Å². The molecule has 142 valence electrons. The number of carbonyl (C=O) groups excluding carboxylic acids is 3. The summed E-state index contributed by atoms with van der Waals surface area (Å²) in [6, 6.07) is 4.27. The summed E-state index contributed by atoms with van der Waals surface area (Å²) < 4.78 is 5.51. The summed E-state index contributed by atoms with van der Waals surface area (Å²) in [4.78, 5) is 49.5. The fourth-order valence-corrected chi connectivity index (χ4v) is 3.80. The first-order valence-electron chi connectivity index (χ1n) is 9.09. The molecule has 27 heavy (non-hydrogen) atoms. The predicted molar refractivity (Wildman–Crippen MR) is 92.4 cm³/mol. The van der Waals surface area contributed by atoms with Crippen molar-refractivity contribution in [1.82, 2.24) is 10.2 Å². The third kappa shape index (κ3) is 3.21. The molecule has 1 unspecified atom stereocenters. The van der Waals surface area contributed by atoms with Crippen LogP contribution in [0.3, 0.4) is 0 Å². The highest BCUT2D eigenvalue weighted by atomic mass is 16.5. The maximum atomic E-state index is 12.6. The molecule has 0 radical (unpaired) electrons. The van der Waals surface area contributed by atoms with Crippen LogP contribution in [0.2, 0.25) is 0 Å². The zero-order chi connectivity index (χ0) is 19.1. The number of hydrogen-bond donors (Lipinski definition) is 2. The van der Waals surface area contributed by atoms with Crippen molar-refractivity contribution in [2.75, 3.05) is 13.2 Å². The predicted octanol–water partition coefficient (Wildman–Crippen LogP) is 1.05. The molecule has 1 saturated carbocycles. The number of amides is 3. The second-order valence-corrected chi connectivity index (χ2v) is 7.29. The van der Waals surface area contributed by atoms with Gasteiger partial charge in [0.15, 0.2) is 0 Å². The van der Waals surface area contributed by atoms with Gasteiger partial charge >= 0.3 is 5.97 Å². The van der Waals surface area contributed by atoms with Crippen molar-refractivity contribution in [2.45, 2.75) is 37.8 Å². The molecule has 3 amide bonds. The van der Waals surface area contributed by atoms with Crippen LogP contribution in [0, 0.1) is 5.92 Å². The standard InChI is InChI=1S/C19H20N2O6/c22-16(20-12-6-11(7-12)19(25)26)10-3-4-14-15(8-10)18(24)21(17(14)23)9-13-2-1-5-27-13/h3-4,8,11-13H,1-2,5-7,9H2,(H,20,22)(H,25,26). The lowest BCUT2D eigenvalue weighted by atomic mass is 9.80. The van der Waals surface area contributed by atoms with Crippen LogP contribution in [0.25, 0.3) is 0 Å². The molecular weight excluding hydrogens is 352 g/mol. The van der Waals surface area contributed by atoms with Gasteiger partial charge in [-0.25, -0.2) is 0 Å². The van der Waals surface area contributed by atoms with Crippen molar-refractivity contribution in [3.63, 3.8) is 0 Å². The van der Waals surface area contributed by atoms with Gasteiger partial charge in [0.2, 0.25) is 0 Å². The summed E-state index contributed by atoms with van der Waals surface area (Å²) in [5, 5.41) is 11.7. The zero-order valence-electron chi connectivity index (χ0n) is 14.6. The number of nitrogens with one attached hydrogen (secondary N) is 1. The molecule has 0 bridgehead atoms. The number of rotatable bonds is 5. The Bertz CT molecular complexity index is 823. The first-order chi connectivity index (χ1) is 12.9. The summed E-state index contributed by atoms with van der Waals surface area (Å²) in [7, 11) is 0. The van der Waals surface area contributed by atoms with E-state index in [1.54, 1.807) is 0 Å². The van der Waals surface area contributed by atoms with Crippen LogP contribution in [-0.2, 0) is 9.53 Å². The molecule has 1 aliphatic carbocycles. The van der Waals surface area contributed by atoms with E-state index in [-0.39, 0.29) is 41.6 Å². The molecule has 2 N–H and O–H groups in total. The van der Waals surface area contributed by atoms with Gasteiger partial charge in [-0.2, -0.15) is 0 Å². The summed E-state index contributed by atoms with van der Waals surface area (Å²) in [6.45, 7) is 0.870. The highest BCUT2D eigenvalue weighted by Crippen LogP contribution is 2.29. The lowest BCUT2D eigenvalue weighted by Crippen LogP contribution is -2.46. The zero-order valence-corrected chi connectivity index (χ0v) is 14.6. The van der Waals surface area contributed by atoms with E-state index in [1.165, 1.54) is 23.1 Å². The topological polar surface area (TPSA) is 113 Å². The number of nitrogens with zero attached hydrogens (tertiary/aromatic N) is 1. The minimum absolute atomic E-state index is 0.129. The van der Waals surface area contributed by atoms with Gasteiger partial charge in [-0.1, -0.05) is 0 Å². The molecule has 8 heteroatoms. The van der Waals surface area contributed by atoms with E-state index in [1.807, 2.05) is 0 Å². The van der Waals surface area contributed by atoms with Crippen LogP contribution in [-0.4, -0.2) is 59.0 Å². The molecule has 4 rings (SSSR count). The molecule has 1 saturated heterocycles. The van der Waals surface area contributed by atoms with Crippen LogP contribution >= 0.6 is 0 Å². The largest absolute Gasteiger partial charge is 0.481 e. The number of hydrogen-bond acceptors (Lipinski definition) is 5. The molecule has 3 aliphatic rings. The van der Waals surface area contributed by atoms with E-state index in [0.717, 1.165) is 12.8 Å². The number of aliphatic carboxylic acids is 1. The highest BCUT2D eigenvalue weighted by molar-refractivity contribution is 6.22. The van der Waals surface area contributed by atoms with E-state index in [2.05, 4.69) is 5.32 Å². The van der Waals surface area contributed by atoms with Crippen LogP contribution in [0.5, 0.6) is 0 Å². The number of carbonyl (C=O) groups is 4. The fourth-order valence-electron chi connectivity index (χ4n) is 3.80. The van der Waals surface area contributed by atoms with Crippen LogP contribution < -0.4 is 5.32 Å². The quantitative estimate of drug-likeness (QED) is 0.747. The van der Waals surface area contributed by atoms with Crippen molar-refractivity contribution in [3.05, 3.63) is 34.9 Å². The molecular formula is C19H20N2O6. The number of carboxylic acids is 1. The third-order valence-electron chi connectivity index (χ3n) is 5.47. The van der Waals surface area contributed by atoms with Crippen molar-refractivity contribution in [1.29, 1.82) is 0 Å². The van der Waals surface area contributed by atoms with E-state index >= 15 is 0 Å². The van der Waals surface area contributed by atoms with Crippen molar-refractivity contribution in [2.24, 2.45) is 5.92 Å². The molecule has 0 spiro atoms. The monoisotopic (exact) mass is 372 g/mol. The van der Waals surface area contributed by atoms with E-state index in [9.17, 15) is 19.2 Å². The Morgan fingerprint density at radius 1 is 1.19 bits per heavy atom. The summed E-state index contributed by atoms with van der Waals surface area (Å²) >= 11 is 0. The third-order valence-corrected chi connectivity index (χ3v) is 5.47. The Labute approximate surface area is 155 Å². The average molecular weight is 372 g/mol. The number of benzene rings is 1. The Morgan fingerprint density at radius 2 is 1.93 bits per heavy atom. The molecule has 2 heterocycles. The van der Waals surface area contributed by atoms with E-state index in [4.69, 9.17) is 9.84 Å². The molecule has 1 aromatic carbocycles. The molecule has 2 aliphatic heterocycles. The van der Waals surface area contributed by atoms with Gasteiger partial charge in [-0.3, -0.25) is 24.1 Å². The van der Waals surface area contributed by atoms with Gasteiger partial charge in [0, 0.05) is 18.2 Å². The molecule has 2 fully saturated rings. The van der Waals surface area contributed by atoms with Crippen molar-refractivity contribution >= 4 is 23.7 Å². The van der Waals surface area contributed by atoms with E-state index < -0.39 is 17.8 Å².